The van der Waals surface area contributed by atoms with Crippen LogP contribution in [0.15, 0.2) is 48.8 Å². The minimum atomic E-state index is -0.247. The highest BCUT2D eigenvalue weighted by atomic mass is 35.5. The SMILES string of the molecule is Cc1cn2cccc(NC(=O)COc3ccc(Cl)cc3)c2n1. The monoisotopic (exact) mass is 315 g/mol. The summed E-state index contributed by atoms with van der Waals surface area (Å²) in [4.78, 5) is 16.4. The van der Waals surface area contributed by atoms with Gasteiger partial charge in [0, 0.05) is 17.4 Å². The summed E-state index contributed by atoms with van der Waals surface area (Å²) in [6.07, 6.45) is 3.78. The second kappa shape index (κ2) is 6.07. The van der Waals surface area contributed by atoms with E-state index >= 15 is 0 Å². The van der Waals surface area contributed by atoms with E-state index in [0.29, 0.717) is 22.1 Å². The van der Waals surface area contributed by atoms with Gasteiger partial charge in [-0.3, -0.25) is 4.79 Å². The molecule has 1 N–H and O–H groups in total. The highest BCUT2D eigenvalue weighted by molar-refractivity contribution is 6.30. The molecule has 0 atom stereocenters. The molecule has 1 amide bonds. The molecular formula is C16H14ClN3O2. The molecule has 0 spiro atoms. The summed E-state index contributed by atoms with van der Waals surface area (Å²) in [6.45, 7) is 1.82. The molecule has 0 bridgehead atoms. The quantitative estimate of drug-likeness (QED) is 0.803. The number of nitrogens with one attached hydrogen (secondary N) is 1. The zero-order chi connectivity index (χ0) is 15.5. The summed E-state index contributed by atoms with van der Waals surface area (Å²) in [7, 11) is 0. The number of hydrogen-bond acceptors (Lipinski definition) is 3. The molecule has 5 nitrogen and oxygen atoms in total. The Morgan fingerprint density at radius 3 is 2.86 bits per heavy atom. The fraction of sp³-hybridized carbons (Fsp3) is 0.125. The summed E-state index contributed by atoms with van der Waals surface area (Å²) < 4.78 is 7.28. The van der Waals surface area contributed by atoms with Gasteiger partial charge in [-0.1, -0.05) is 11.6 Å². The van der Waals surface area contributed by atoms with Crippen LogP contribution in [0.2, 0.25) is 5.02 Å². The van der Waals surface area contributed by atoms with Crippen molar-refractivity contribution in [3.63, 3.8) is 0 Å². The minimum absolute atomic E-state index is 0.0810. The molecule has 0 fully saturated rings. The molecule has 0 aliphatic rings. The highest BCUT2D eigenvalue weighted by Crippen LogP contribution is 2.17. The van der Waals surface area contributed by atoms with Gasteiger partial charge in [-0.25, -0.2) is 4.98 Å². The summed E-state index contributed by atoms with van der Waals surface area (Å²) >= 11 is 5.80. The lowest BCUT2D eigenvalue weighted by atomic mass is 10.3. The number of halogens is 1. The van der Waals surface area contributed by atoms with Crippen LogP contribution in [0.25, 0.3) is 5.65 Å². The van der Waals surface area contributed by atoms with E-state index in [4.69, 9.17) is 16.3 Å². The van der Waals surface area contributed by atoms with Gasteiger partial charge in [-0.05, 0) is 43.3 Å². The van der Waals surface area contributed by atoms with Crippen LogP contribution < -0.4 is 10.1 Å². The number of rotatable bonds is 4. The molecule has 1 aromatic carbocycles. The van der Waals surface area contributed by atoms with Crippen molar-refractivity contribution < 1.29 is 9.53 Å². The summed E-state index contributed by atoms with van der Waals surface area (Å²) in [5.41, 5.74) is 2.25. The Morgan fingerprint density at radius 2 is 2.09 bits per heavy atom. The number of imidazole rings is 1. The smallest absolute Gasteiger partial charge is 0.262 e. The van der Waals surface area contributed by atoms with E-state index in [1.165, 1.54) is 0 Å². The van der Waals surface area contributed by atoms with E-state index in [0.717, 1.165) is 5.69 Å². The first-order chi connectivity index (χ1) is 10.6. The summed E-state index contributed by atoms with van der Waals surface area (Å²) in [6, 6.07) is 10.5. The third kappa shape index (κ3) is 3.20. The van der Waals surface area contributed by atoms with Crippen molar-refractivity contribution in [2.75, 3.05) is 11.9 Å². The molecule has 22 heavy (non-hydrogen) atoms. The van der Waals surface area contributed by atoms with Crippen molar-refractivity contribution >= 4 is 28.8 Å². The third-order valence-electron chi connectivity index (χ3n) is 3.06. The van der Waals surface area contributed by atoms with E-state index in [2.05, 4.69) is 10.3 Å². The Morgan fingerprint density at radius 1 is 1.32 bits per heavy atom. The molecule has 3 aromatic rings. The molecule has 2 aromatic heterocycles. The van der Waals surface area contributed by atoms with Gasteiger partial charge in [0.15, 0.2) is 12.3 Å². The van der Waals surface area contributed by atoms with Crippen molar-refractivity contribution in [1.29, 1.82) is 0 Å². The molecule has 0 aliphatic heterocycles. The largest absolute Gasteiger partial charge is 0.484 e. The molecule has 2 heterocycles. The lowest BCUT2D eigenvalue weighted by Gasteiger charge is -2.08. The minimum Gasteiger partial charge on any atom is -0.484 e. The van der Waals surface area contributed by atoms with Gasteiger partial charge in [0.25, 0.3) is 5.91 Å². The summed E-state index contributed by atoms with van der Waals surface area (Å²) in [5.74, 6) is 0.345. The van der Waals surface area contributed by atoms with Crippen LogP contribution >= 0.6 is 11.6 Å². The number of carbonyl (C=O) groups excluding carboxylic acids is 1. The van der Waals surface area contributed by atoms with Crippen molar-refractivity contribution in [3.05, 3.63) is 59.5 Å². The van der Waals surface area contributed by atoms with Gasteiger partial charge in [-0.15, -0.1) is 0 Å². The van der Waals surface area contributed by atoms with E-state index in [1.807, 2.05) is 35.9 Å². The molecule has 112 valence electrons. The predicted molar refractivity (Wildman–Crippen MR) is 85.5 cm³/mol. The standard InChI is InChI=1S/C16H14ClN3O2/c1-11-9-20-8-2-3-14(16(20)18-11)19-15(21)10-22-13-6-4-12(17)5-7-13/h2-9H,10H2,1H3,(H,19,21). The molecular weight excluding hydrogens is 302 g/mol. The number of carbonyl (C=O) groups is 1. The van der Waals surface area contributed by atoms with Gasteiger partial charge in [0.2, 0.25) is 0 Å². The van der Waals surface area contributed by atoms with Crippen molar-refractivity contribution in [3.8, 4) is 5.75 Å². The lowest BCUT2D eigenvalue weighted by Crippen LogP contribution is -2.20. The molecule has 0 saturated heterocycles. The second-order valence-electron chi connectivity index (χ2n) is 4.83. The summed E-state index contributed by atoms with van der Waals surface area (Å²) in [5, 5.41) is 3.43. The Kier molecular flexibility index (Phi) is 3.98. The maximum Gasteiger partial charge on any atom is 0.262 e. The average molecular weight is 316 g/mol. The lowest BCUT2D eigenvalue weighted by molar-refractivity contribution is -0.118. The number of anilines is 1. The fourth-order valence-electron chi connectivity index (χ4n) is 2.10. The second-order valence-corrected chi connectivity index (χ2v) is 5.26. The van der Waals surface area contributed by atoms with Gasteiger partial charge in [-0.2, -0.15) is 0 Å². The van der Waals surface area contributed by atoms with Gasteiger partial charge < -0.3 is 14.5 Å². The number of aromatic nitrogens is 2. The van der Waals surface area contributed by atoms with Crippen LogP contribution in [0.3, 0.4) is 0 Å². The van der Waals surface area contributed by atoms with Crippen LogP contribution in [0, 0.1) is 6.92 Å². The van der Waals surface area contributed by atoms with Crippen molar-refractivity contribution in [2.24, 2.45) is 0 Å². The Bertz CT molecular complexity index is 812. The van der Waals surface area contributed by atoms with Crippen LogP contribution in [-0.4, -0.2) is 21.9 Å². The van der Waals surface area contributed by atoms with Crippen LogP contribution in [0.4, 0.5) is 5.69 Å². The zero-order valence-corrected chi connectivity index (χ0v) is 12.7. The van der Waals surface area contributed by atoms with Crippen LogP contribution in [-0.2, 0) is 4.79 Å². The number of pyridine rings is 1. The average Bonchev–Trinajstić information content (AvgIpc) is 2.88. The zero-order valence-electron chi connectivity index (χ0n) is 11.9. The molecule has 0 unspecified atom stereocenters. The first-order valence-electron chi connectivity index (χ1n) is 6.74. The number of ether oxygens (including phenoxy) is 1. The molecule has 0 aliphatic carbocycles. The Hall–Kier alpha value is -2.53. The van der Waals surface area contributed by atoms with Gasteiger partial charge >= 0.3 is 0 Å². The molecule has 3 rings (SSSR count). The Balaban J connectivity index is 1.67. The van der Waals surface area contributed by atoms with Crippen molar-refractivity contribution in [1.82, 2.24) is 9.38 Å². The normalized spacial score (nSPS) is 10.6. The third-order valence-corrected chi connectivity index (χ3v) is 3.31. The first kappa shape index (κ1) is 14.4. The van der Waals surface area contributed by atoms with Gasteiger partial charge in [0.1, 0.15) is 5.75 Å². The van der Waals surface area contributed by atoms with E-state index < -0.39 is 0 Å². The highest BCUT2D eigenvalue weighted by Gasteiger charge is 2.08. The van der Waals surface area contributed by atoms with Crippen LogP contribution in [0.5, 0.6) is 5.75 Å². The molecule has 0 saturated carbocycles. The number of amides is 1. The maximum absolute atomic E-state index is 12.0. The van der Waals surface area contributed by atoms with Crippen molar-refractivity contribution in [2.45, 2.75) is 6.92 Å². The van der Waals surface area contributed by atoms with E-state index in [-0.39, 0.29) is 12.5 Å². The molecule has 6 heteroatoms. The fourth-order valence-corrected chi connectivity index (χ4v) is 2.23. The number of hydrogen-bond donors (Lipinski definition) is 1. The maximum atomic E-state index is 12.0. The predicted octanol–water partition coefficient (Wildman–Crippen LogP) is 3.31. The topological polar surface area (TPSA) is 55.6 Å². The van der Waals surface area contributed by atoms with E-state index in [9.17, 15) is 4.79 Å². The first-order valence-corrected chi connectivity index (χ1v) is 7.12. The number of aryl methyl sites for hydroxylation is 1. The van der Waals surface area contributed by atoms with E-state index in [1.54, 1.807) is 24.3 Å². The number of fused-ring (bicyclic) bond motifs is 1. The molecule has 0 radical (unpaired) electrons. The van der Waals surface area contributed by atoms with Gasteiger partial charge in [0.05, 0.1) is 11.4 Å². The van der Waals surface area contributed by atoms with Crippen LogP contribution in [0.1, 0.15) is 5.69 Å². The number of nitrogens with zero attached hydrogens (tertiary/aromatic N) is 2. The Labute approximate surface area is 132 Å². The number of benzene rings is 1.